The Bertz CT molecular complexity index is 190. The van der Waals surface area contributed by atoms with Crippen LogP contribution < -0.4 is 0 Å². The van der Waals surface area contributed by atoms with E-state index in [9.17, 15) is 5.11 Å². The highest BCUT2D eigenvalue weighted by atomic mass is 16.5. The highest BCUT2D eigenvalue weighted by Crippen LogP contribution is 2.31. The second-order valence-corrected chi connectivity index (χ2v) is 4.92. The fourth-order valence-corrected chi connectivity index (χ4v) is 2.61. The molecule has 0 amide bonds. The van der Waals surface area contributed by atoms with Crippen LogP contribution in [0.4, 0.5) is 0 Å². The zero-order valence-electron chi connectivity index (χ0n) is 9.04. The van der Waals surface area contributed by atoms with Crippen LogP contribution in [0.25, 0.3) is 0 Å². The van der Waals surface area contributed by atoms with Crippen molar-refractivity contribution in [1.29, 1.82) is 0 Å². The van der Waals surface area contributed by atoms with Gasteiger partial charge in [-0.2, -0.15) is 0 Å². The summed E-state index contributed by atoms with van der Waals surface area (Å²) in [6.07, 6.45) is 3.64. The molecule has 2 heterocycles. The Morgan fingerprint density at radius 2 is 2.43 bits per heavy atom. The zero-order valence-corrected chi connectivity index (χ0v) is 9.04. The second-order valence-electron chi connectivity index (χ2n) is 4.92. The van der Waals surface area contributed by atoms with E-state index in [2.05, 4.69) is 11.8 Å². The van der Waals surface area contributed by atoms with E-state index in [-0.39, 0.29) is 12.0 Å². The first kappa shape index (κ1) is 10.4. The van der Waals surface area contributed by atoms with Gasteiger partial charge in [-0.15, -0.1) is 0 Å². The molecule has 2 atom stereocenters. The number of aliphatic hydroxyl groups excluding tert-OH is 1. The molecular weight excluding hydrogens is 178 g/mol. The van der Waals surface area contributed by atoms with Crippen molar-refractivity contribution in [3.05, 3.63) is 0 Å². The fraction of sp³-hybridized carbons (Fsp3) is 1.00. The minimum absolute atomic E-state index is 0.0403. The normalized spacial score (nSPS) is 39.4. The lowest BCUT2D eigenvalue weighted by Crippen LogP contribution is -2.42. The predicted octanol–water partition coefficient (Wildman–Crippen LogP) is 0.870. The van der Waals surface area contributed by atoms with E-state index in [0.717, 1.165) is 26.2 Å². The predicted molar refractivity (Wildman–Crippen MR) is 55.2 cm³/mol. The average molecular weight is 199 g/mol. The van der Waals surface area contributed by atoms with Crippen molar-refractivity contribution in [3.63, 3.8) is 0 Å². The maximum atomic E-state index is 9.46. The summed E-state index contributed by atoms with van der Waals surface area (Å²) in [5.41, 5.74) is 0.0403. The topological polar surface area (TPSA) is 32.7 Å². The van der Waals surface area contributed by atoms with Gasteiger partial charge in [0.15, 0.2) is 0 Å². The largest absolute Gasteiger partial charge is 0.396 e. The molecule has 2 rings (SSSR count). The molecule has 2 aliphatic rings. The van der Waals surface area contributed by atoms with Crippen molar-refractivity contribution in [1.82, 2.24) is 4.90 Å². The molecule has 14 heavy (non-hydrogen) atoms. The Hall–Kier alpha value is -0.120. The number of hydrogen-bond acceptors (Lipinski definition) is 3. The van der Waals surface area contributed by atoms with Crippen LogP contribution in [-0.4, -0.2) is 49.0 Å². The molecule has 0 bridgehead atoms. The Labute approximate surface area is 86.0 Å². The molecule has 0 aromatic heterocycles. The summed E-state index contributed by atoms with van der Waals surface area (Å²) in [6, 6.07) is 0.694. The summed E-state index contributed by atoms with van der Waals surface area (Å²) >= 11 is 0. The Morgan fingerprint density at radius 1 is 1.57 bits per heavy atom. The van der Waals surface area contributed by atoms with E-state index in [0.29, 0.717) is 6.04 Å². The number of nitrogens with zero attached hydrogens (tertiary/aromatic N) is 1. The zero-order chi connectivity index (χ0) is 10.0. The van der Waals surface area contributed by atoms with Gasteiger partial charge in [-0.25, -0.2) is 0 Å². The fourth-order valence-electron chi connectivity index (χ4n) is 2.61. The van der Waals surface area contributed by atoms with Gasteiger partial charge in [0.05, 0.1) is 13.2 Å². The van der Waals surface area contributed by atoms with Gasteiger partial charge in [0.2, 0.25) is 0 Å². The lowest BCUT2D eigenvalue weighted by molar-refractivity contribution is 0.0547. The summed E-state index contributed by atoms with van der Waals surface area (Å²) in [7, 11) is 0. The molecule has 3 heteroatoms. The Kier molecular flexibility index (Phi) is 3.10. The third-order valence-electron chi connectivity index (χ3n) is 3.75. The third kappa shape index (κ3) is 1.95. The summed E-state index contributed by atoms with van der Waals surface area (Å²) in [5.74, 6) is 0. The van der Waals surface area contributed by atoms with Crippen LogP contribution in [-0.2, 0) is 4.74 Å². The highest BCUT2D eigenvalue weighted by Gasteiger charge is 2.37. The van der Waals surface area contributed by atoms with E-state index in [1.54, 1.807) is 0 Å². The van der Waals surface area contributed by atoms with Crippen molar-refractivity contribution in [2.45, 2.75) is 32.2 Å². The number of likely N-dealkylation sites (tertiary alicyclic amines) is 1. The minimum Gasteiger partial charge on any atom is -0.396 e. The van der Waals surface area contributed by atoms with Crippen LogP contribution in [0, 0.1) is 5.41 Å². The van der Waals surface area contributed by atoms with Crippen LogP contribution in [0.15, 0.2) is 0 Å². The first-order valence-corrected chi connectivity index (χ1v) is 5.68. The van der Waals surface area contributed by atoms with Crippen molar-refractivity contribution in [2.24, 2.45) is 5.41 Å². The molecule has 2 saturated heterocycles. The molecule has 0 radical (unpaired) electrons. The molecule has 0 spiro atoms. The molecule has 3 nitrogen and oxygen atoms in total. The molecule has 1 N–H and O–H groups in total. The molecule has 2 fully saturated rings. The van der Waals surface area contributed by atoms with Crippen molar-refractivity contribution in [3.8, 4) is 0 Å². The maximum absolute atomic E-state index is 9.46. The lowest BCUT2D eigenvalue weighted by atomic mass is 9.87. The SMILES string of the molecule is CC1CCCN1CC1(CO)CCOC1. The van der Waals surface area contributed by atoms with Gasteiger partial charge in [0.25, 0.3) is 0 Å². The van der Waals surface area contributed by atoms with Gasteiger partial charge >= 0.3 is 0 Å². The number of rotatable bonds is 3. The number of ether oxygens (including phenoxy) is 1. The van der Waals surface area contributed by atoms with Gasteiger partial charge in [-0.1, -0.05) is 0 Å². The summed E-state index contributed by atoms with van der Waals surface area (Å²) in [6.45, 7) is 6.34. The van der Waals surface area contributed by atoms with E-state index >= 15 is 0 Å². The first-order valence-electron chi connectivity index (χ1n) is 5.68. The number of hydrogen-bond donors (Lipinski definition) is 1. The first-order chi connectivity index (χ1) is 6.76. The molecule has 0 aromatic carbocycles. The van der Waals surface area contributed by atoms with Gasteiger partial charge in [-0.05, 0) is 32.7 Å². The van der Waals surface area contributed by atoms with E-state index in [1.807, 2.05) is 0 Å². The average Bonchev–Trinajstić information content (AvgIpc) is 2.79. The molecular formula is C11H21NO2. The van der Waals surface area contributed by atoms with Crippen molar-refractivity contribution < 1.29 is 9.84 Å². The molecule has 2 aliphatic heterocycles. The van der Waals surface area contributed by atoms with Crippen LogP contribution in [0.5, 0.6) is 0 Å². The summed E-state index contributed by atoms with van der Waals surface area (Å²) < 4.78 is 5.41. The van der Waals surface area contributed by atoms with Crippen molar-refractivity contribution >= 4 is 0 Å². The second kappa shape index (κ2) is 4.17. The van der Waals surface area contributed by atoms with Crippen LogP contribution >= 0.6 is 0 Å². The Balaban J connectivity index is 1.93. The molecule has 0 aliphatic carbocycles. The van der Waals surface area contributed by atoms with Crippen LogP contribution in [0.1, 0.15) is 26.2 Å². The number of aliphatic hydroxyl groups is 1. The highest BCUT2D eigenvalue weighted by molar-refractivity contribution is 4.89. The smallest absolute Gasteiger partial charge is 0.0557 e. The minimum atomic E-state index is 0.0403. The van der Waals surface area contributed by atoms with Crippen LogP contribution in [0.2, 0.25) is 0 Å². The summed E-state index contributed by atoms with van der Waals surface area (Å²) in [4.78, 5) is 2.50. The van der Waals surface area contributed by atoms with Crippen LogP contribution in [0.3, 0.4) is 0 Å². The molecule has 0 aromatic rings. The van der Waals surface area contributed by atoms with E-state index in [1.165, 1.54) is 19.4 Å². The summed E-state index contributed by atoms with van der Waals surface area (Å²) in [5, 5.41) is 9.46. The maximum Gasteiger partial charge on any atom is 0.0557 e. The van der Waals surface area contributed by atoms with E-state index < -0.39 is 0 Å². The van der Waals surface area contributed by atoms with Crippen molar-refractivity contribution in [2.75, 3.05) is 32.9 Å². The molecule has 82 valence electrons. The molecule has 2 unspecified atom stereocenters. The van der Waals surface area contributed by atoms with Gasteiger partial charge in [0, 0.05) is 24.6 Å². The lowest BCUT2D eigenvalue weighted by Gasteiger charge is -2.32. The van der Waals surface area contributed by atoms with Gasteiger partial charge < -0.3 is 9.84 Å². The van der Waals surface area contributed by atoms with E-state index in [4.69, 9.17) is 4.74 Å². The Morgan fingerprint density at radius 3 is 2.93 bits per heavy atom. The third-order valence-corrected chi connectivity index (χ3v) is 3.75. The molecule has 0 saturated carbocycles. The monoisotopic (exact) mass is 199 g/mol. The standard InChI is InChI=1S/C11H21NO2/c1-10-3-2-5-12(10)7-11(8-13)4-6-14-9-11/h10,13H,2-9H2,1H3. The van der Waals surface area contributed by atoms with Gasteiger partial charge in [-0.3, -0.25) is 4.90 Å². The van der Waals surface area contributed by atoms with Gasteiger partial charge in [0.1, 0.15) is 0 Å². The quantitative estimate of drug-likeness (QED) is 0.732.